The lowest BCUT2D eigenvalue weighted by Gasteiger charge is -2.26. The Kier molecular flexibility index (Phi) is 8.22. The molecule has 2 N–H and O–H groups in total. The van der Waals surface area contributed by atoms with E-state index < -0.39 is 17.8 Å². The van der Waals surface area contributed by atoms with Gasteiger partial charge in [0.2, 0.25) is 0 Å². The number of para-hydroxylation sites is 1. The molecule has 1 heterocycles. The molecule has 10 heteroatoms. The first kappa shape index (κ1) is 26.6. The zero-order valence-electron chi connectivity index (χ0n) is 20.6. The lowest BCUT2D eigenvalue weighted by molar-refractivity contribution is -0.122. The number of aryl methyl sites for hydroxylation is 1. The molecule has 0 aromatic heterocycles. The fourth-order valence-electron chi connectivity index (χ4n) is 3.69. The Morgan fingerprint density at radius 3 is 2.45 bits per heavy atom. The third kappa shape index (κ3) is 6.09. The summed E-state index contributed by atoms with van der Waals surface area (Å²) < 4.78 is 12.1. The highest BCUT2D eigenvalue weighted by atomic mass is 79.9. The molecule has 3 aromatic carbocycles. The van der Waals surface area contributed by atoms with Gasteiger partial charge in [0, 0.05) is 10.2 Å². The first-order valence-corrected chi connectivity index (χ1v) is 12.5. The molecule has 0 radical (unpaired) electrons. The molecule has 3 aromatic rings. The van der Waals surface area contributed by atoms with Gasteiger partial charge in [0.15, 0.2) is 18.1 Å². The minimum atomic E-state index is -0.831. The number of barbiturate groups is 1. The van der Waals surface area contributed by atoms with Gasteiger partial charge in [-0.15, -0.1) is 0 Å². The number of hydrogen-bond acceptors (Lipinski definition) is 6. The van der Waals surface area contributed by atoms with Gasteiger partial charge in [0.1, 0.15) is 5.57 Å². The highest BCUT2D eigenvalue weighted by Crippen LogP contribution is 2.30. The maximum atomic E-state index is 13.1. The molecular formula is C28H24BrN3O6. The lowest BCUT2D eigenvalue weighted by Crippen LogP contribution is -2.54. The van der Waals surface area contributed by atoms with Crippen molar-refractivity contribution in [3.05, 3.63) is 87.9 Å². The minimum Gasteiger partial charge on any atom is -0.490 e. The maximum Gasteiger partial charge on any atom is 0.335 e. The van der Waals surface area contributed by atoms with E-state index in [9.17, 15) is 19.2 Å². The van der Waals surface area contributed by atoms with Crippen molar-refractivity contribution in [2.75, 3.05) is 23.4 Å². The van der Waals surface area contributed by atoms with Crippen LogP contribution in [0.5, 0.6) is 11.5 Å². The molecule has 0 atom stereocenters. The van der Waals surface area contributed by atoms with Crippen molar-refractivity contribution in [2.45, 2.75) is 13.8 Å². The van der Waals surface area contributed by atoms with Crippen LogP contribution < -0.4 is 25.0 Å². The van der Waals surface area contributed by atoms with Crippen LogP contribution in [0.25, 0.3) is 6.08 Å². The number of anilines is 2. The van der Waals surface area contributed by atoms with E-state index in [1.165, 1.54) is 6.08 Å². The minimum absolute atomic E-state index is 0.221. The van der Waals surface area contributed by atoms with Gasteiger partial charge >= 0.3 is 6.03 Å². The fourth-order valence-corrected chi connectivity index (χ4v) is 3.96. The number of halogens is 1. The van der Waals surface area contributed by atoms with Crippen molar-refractivity contribution in [3.8, 4) is 11.5 Å². The van der Waals surface area contributed by atoms with E-state index in [1.807, 2.05) is 25.1 Å². The predicted molar refractivity (Wildman–Crippen MR) is 146 cm³/mol. The van der Waals surface area contributed by atoms with Crippen LogP contribution in [0.15, 0.2) is 76.8 Å². The highest BCUT2D eigenvalue weighted by Gasteiger charge is 2.36. The van der Waals surface area contributed by atoms with E-state index in [0.29, 0.717) is 35.0 Å². The largest absolute Gasteiger partial charge is 0.490 e. The Morgan fingerprint density at radius 2 is 1.74 bits per heavy atom. The number of hydrogen-bond donors (Lipinski definition) is 2. The second-order valence-electron chi connectivity index (χ2n) is 8.23. The van der Waals surface area contributed by atoms with Gasteiger partial charge in [0.05, 0.1) is 12.3 Å². The number of ether oxygens (including phenoxy) is 2. The van der Waals surface area contributed by atoms with Crippen LogP contribution in [-0.2, 0) is 14.4 Å². The topological polar surface area (TPSA) is 114 Å². The number of rotatable bonds is 8. The second kappa shape index (κ2) is 11.7. The SMILES string of the molecule is CCOc1cc(/C=C2\C(=O)NC(=O)N(c3ccc(Br)cc3)C2=O)ccc1OCC(=O)Nc1ccccc1C. The molecule has 0 aliphatic carbocycles. The summed E-state index contributed by atoms with van der Waals surface area (Å²) in [5, 5.41) is 5.00. The van der Waals surface area contributed by atoms with Gasteiger partial charge in [-0.1, -0.05) is 40.2 Å². The zero-order valence-corrected chi connectivity index (χ0v) is 22.2. The third-order valence-electron chi connectivity index (χ3n) is 5.54. The van der Waals surface area contributed by atoms with Gasteiger partial charge in [-0.3, -0.25) is 19.7 Å². The van der Waals surface area contributed by atoms with Crippen LogP contribution in [-0.4, -0.2) is 37.0 Å². The molecule has 5 amide bonds. The van der Waals surface area contributed by atoms with E-state index in [4.69, 9.17) is 9.47 Å². The summed E-state index contributed by atoms with van der Waals surface area (Å²) in [7, 11) is 0. The van der Waals surface area contributed by atoms with E-state index >= 15 is 0 Å². The van der Waals surface area contributed by atoms with Crippen LogP contribution in [0.2, 0.25) is 0 Å². The third-order valence-corrected chi connectivity index (χ3v) is 6.07. The molecule has 1 saturated heterocycles. The number of carbonyl (C=O) groups excluding carboxylic acids is 4. The van der Waals surface area contributed by atoms with Crippen LogP contribution in [0.1, 0.15) is 18.1 Å². The number of carbonyl (C=O) groups is 4. The molecule has 0 unspecified atom stereocenters. The van der Waals surface area contributed by atoms with Crippen LogP contribution >= 0.6 is 15.9 Å². The summed E-state index contributed by atoms with van der Waals surface area (Å²) >= 11 is 3.31. The predicted octanol–water partition coefficient (Wildman–Crippen LogP) is 4.84. The zero-order chi connectivity index (χ0) is 27.2. The summed E-state index contributed by atoms with van der Waals surface area (Å²) in [6.07, 6.45) is 1.37. The molecule has 1 aliphatic heterocycles. The van der Waals surface area contributed by atoms with Gasteiger partial charge in [-0.2, -0.15) is 0 Å². The van der Waals surface area contributed by atoms with Crippen molar-refractivity contribution in [1.29, 1.82) is 0 Å². The number of nitrogens with zero attached hydrogens (tertiary/aromatic N) is 1. The Labute approximate surface area is 227 Å². The summed E-state index contributed by atoms with van der Waals surface area (Å²) in [6.45, 7) is 3.75. The molecule has 1 aliphatic rings. The fraction of sp³-hybridized carbons (Fsp3) is 0.143. The highest BCUT2D eigenvalue weighted by molar-refractivity contribution is 9.10. The quantitative estimate of drug-likeness (QED) is 0.292. The van der Waals surface area contributed by atoms with Crippen molar-refractivity contribution in [1.82, 2.24) is 5.32 Å². The Bertz CT molecular complexity index is 1430. The Hall–Kier alpha value is -4.44. The second-order valence-corrected chi connectivity index (χ2v) is 9.14. The van der Waals surface area contributed by atoms with Gasteiger partial charge in [-0.05, 0) is 73.5 Å². The number of amides is 5. The van der Waals surface area contributed by atoms with Gasteiger partial charge in [0.25, 0.3) is 17.7 Å². The number of benzene rings is 3. The van der Waals surface area contributed by atoms with Gasteiger partial charge in [-0.25, -0.2) is 9.69 Å². The first-order valence-electron chi connectivity index (χ1n) is 11.7. The molecule has 0 bridgehead atoms. The standard InChI is InChI=1S/C28H24BrN3O6/c1-3-37-24-15-18(8-13-23(24)38-16-25(33)30-22-7-5-4-6-17(22)2)14-21-26(34)31-28(36)32(27(21)35)20-11-9-19(29)10-12-20/h4-15H,3,16H2,1-2H3,(H,30,33)(H,31,34,36)/b21-14+. The van der Waals surface area contributed by atoms with Crippen LogP contribution in [0.4, 0.5) is 16.2 Å². The monoisotopic (exact) mass is 577 g/mol. The summed E-state index contributed by atoms with van der Waals surface area (Å²) in [6, 6.07) is 17.9. The summed E-state index contributed by atoms with van der Waals surface area (Å²) in [4.78, 5) is 51.4. The maximum absolute atomic E-state index is 13.1. The normalized spacial score (nSPS) is 14.3. The number of urea groups is 1. The molecule has 0 spiro atoms. The summed E-state index contributed by atoms with van der Waals surface area (Å²) in [5.74, 6) is -1.25. The molecule has 1 fully saturated rings. The molecule has 4 rings (SSSR count). The number of nitrogens with one attached hydrogen (secondary N) is 2. The molecule has 0 saturated carbocycles. The molecule has 9 nitrogen and oxygen atoms in total. The van der Waals surface area contributed by atoms with Crippen LogP contribution in [0.3, 0.4) is 0 Å². The molecule has 38 heavy (non-hydrogen) atoms. The van der Waals surface area contributed by atoms with E-state index in [1.54, 1.807) is 55.5 Å². The smallest absolute Gasteiger partial charge is 0.335 e. The van der Waals surface area contributed by atoms with E-state index in [2.05, 4.69) is 26.6 Å². The average Bonchev–Trinajstić information content (AvgIpc) is 2.88. The Morgan fingerprint density at radius 1 is 1.00 bits per heavy atom. The van der Waals surface area contributed by atoms with Crippen molar-refractivity contribution in [3.63, 3.8) is 0 Å². The molecule has 194 valence electrons. The van der Waals surface area contributed by atoms with E-state index in [0.717, 1.165) is 14.9 Å². The van der Waals surface area contributed by atoms with Crippen molar-refractivity contribution >= 4 is 57.1 Å². The van der Waals surface area contributed by atoms with E-state index in [-0.39, 0.29) is 18.1 Å². The first-order chi connectivity index (χ1) is 18.3. The van der Waals surface area contributed by atoms with Crippen molar-refractivity contribution < 1.29 is 28.7 Å². The van der Waals surface area contributed by atoms with Crippen LogP contribution in [0, 0.1) is 6.92 Å². The summed E-state index contributed by atoms with van der Waals surface area (Å²) in [5.41, 5.74) is 2.18. The Balaban J connectivity index is 1.53. The van der Waals surface area contributed by atoms with Gasteiger partial charge < -0.3 is 14.8 Å². The average molecular weight is 578 g/mol. The van der Waals surface area contributed by atoms with Crippen molar-refractivity contribution in [2.24, 2.45) is 0 Å². The molecular weight excluding hydrogens is 554 g/mol. The number of imide groups is 2. The lowest BCUT2D eigenvalue weighted by atomic mass is 10.1.